The molecule has 1 aliphatic rings. The fraction of sp³-hybridized carbons (Fsp3) is 0.280. The van der Waals surface area contributed by atoms with Crippen molar-refractivity contribution in [2.24, 2.45) is 0 Å². The summed E-state index contributed by atoms with van der Waals surface area (Å²) in [6.45, 7) is 3.95. The maximum atomic E-state index is 14.7. The molecular formula is C25H23ClFN9O2. The lowest BCUT2D eigenvalue weighted by atomic mass is 10.1. The molecule has 1 aromatic carbocycles. The van der Waals surface area contributed by atoms with Crippen LogP contribution in [0.25, 0.3) is 28.0 Å². The van der Waals surface area contributed by atoms with Crippen molar-refractivity contribution in [3.8, 4) is 22.5 Å². The van der Waals surface area contributed by atoms with Crippen molar-refractivity contribution in [3.05, 3.63) is 65.0 Å². The van der Waals surface area contributed by atoms with Crippen LogP contribution < -0.4 is 5.32 Å². The quantitative estimate of drug-likeness (QED) is 0.323. The minimum atomic E-state index is -0.615. The van der Waals surface area contributed by atoms with E-state index >= 15 is 0 Å². The number of anilines is 1. The van der Waals surface area contributed by atoms with E-state index in [2.05, 4.69) is 30.9 Å². The lowest BCUT2D eigenvalue weighted by Crippen LogP contribution is -2.12. The van der Waals surface area contributed by atoms with Crippen LogP contribution in [0.1, 0.15) is 41.9 Å². The van der Waals surface area contributed by atoms with Crippen LogP contribution in [0, 0.1) is 12.7 Å². The number of carbonyl (C=O) groups excluding carboxylic acids is 1. The first-order valence-electron chi connectivity index (χ1n) is 12.1. The van der Waals surface area contributed by atoms with Crippen molar-refractivity contribution >= 4 is 28.7 Å². The van der Waals surface area contributed by atoms with Gasteiger partial charge in [0.1, 0.15) is 5.82 Å². The van der Waals surface area contributed by atoms with Gasteiger partial charge in [-0.3, -0.25) is 9.48 Å². The number of carbonyl (C=O) groups is 1. The van der Waals surface area contributed by atoms with Crippen molar-refractivity contribution < 1.29 is 14.3 Å². The van der Waals surface area contributed by atoms with Gasteiger partial charge < -0.3 is 10.4 Å². The van der Waals surface area contributed by atoms with Gasteiger partial charge in [-0.05, 0) is 61.7 Å². The Morgan fingerprint density at radius 2 is 2.08 bits per heavy atom. The highest BCUT2D eigenvalue weighted by Crippen LogP contribution is 2.35. The summed E-state index contributed by atoms with van der Waals surface area (Å²) in [6, 6.07) is 6.44. The number of hydrogen-bond donors (Lipinski definition) is 2. The molecule has 38 heavy (non-hydrogen) atoms. The number of nitrogens with zero attached hydrogens (tertiary/aromatic N) is 8. The molecule has 11 nitrogen and oxygen atoms in total. The number of aryl methyl sites for hydroxylation is 1. The van der Waals surface area contributed by atoms with Crippen LogP contribution in [0.4, 0.5) is 10.1 Å². The standard InChI is InChI=1S/C25H23ClFN9O2/c1-13(37)11-34-12-19(14(2)31-34)15-5-6-35-23(7-15)18(10-28-35)25(38)29-22-8-17(21(27)9-20(22)26)24-30-33-36(32-24)16-3-4-16/h5-10,12-13,16,37H,3-4,11H2,1-2H3,(H,29,38)/t13-/m0/s1. The van der Waals surface area contributed by atoms with Crippen LogP contribution in [-0.4, -0.2) is 56.7 Å². The van der Waals surface area contributed by atoms with E-state index in [1.807, 2.05) is 25.3 Å². The Labute approximate surface area is 220 Å². The summed E-state index contributed by atoms with van der Waals surface area (Å²) < 4.78 is 18.0. The molecule has 1 atom stereocenters. The van der Waals surface area contributed by atoms with Crippen LogP contribution in [0.3, 0.4) is 0 Å². The van der Waals surface area contributed by atoms with E-state index in [0.29, 0.717) is 17.6 Å². The average Bonchev–Trinajstić information content (AvgIpc) is 3.28. The molecule has 0 bridgehead atoms. The van der Waals surface area contributed by atoms with Crippen molar-refractivity contribution in [2.75, 3.05) is 5.32 Å². The van der Waals surface area contributed by atoms with Gasteiger partial charge in [-0.15, -0.1) is 10.2 Å². The monoisotopic (exact) mass is 535 g/mol. The Kier molecular flexibility index (Phi) is 5.92. The van der Waals surface area contributed by atoms with Crippen molar-refractivity contribution in [1.82, 2.24) is 39.6 Å². The van der Waals surface area contributed by atoms with Crippen molar-refractivity contribution in [3.63, 3.8) is 0 Å². The summed E-state index contributed by atoms with van der Waals surface area (Å²) >= 11 is 6.27. The number of nitrogens with one attached hydrogen (secondary N) is 1. The summed E-state index contributed by atoms with van der Waals surface area (Å²) in [5, 5.41) is 33.5. The van der Waals surface area contributed by atoms with E-state index in [1.54, 1.807) is 22.3 Å². The van der Waals surface area contributed by atoms with Crippen LogP contribution in [0.2, 0.25) is 5.02 Å². The molecule has 0 saturated heterocycles. The Morgan fingerprint density at radius 1 is 1.26 bits per heavy atom. The second kappa shape index (κ2) is 9.30. The molecule has 1 aliphatic carbocycles. The Bertz CT molecular complexity index is 1690. The van der Waals surface area contributed by atoms with Gasteiger partial charge in [-0.1, -0.05) is 11.6 Å². The van der Waals surface area contributed by atoms with Crippen molar-refractivity contribution in [2.45, 2.75) is 45.4 Å². The number of pyridine rings is 1. The van der Waals surface area contributed by atoms with Crippen molar-refractivity contribution in [1.29, 1.82) is 0 Å². The van der Waals surface area contributed by atoms with E-state index in [-0.39, 0.29) is 28.1 Å². The number of aromatic nitrogens is 8. The fourth-order valence-electron chi connectivity index (χ4n) is 4.29. The molecule has 0 spiro atoms. The minimum Gasteiger partial charge on any atom is -0.391 e. The lowest BCUT2D eigenvalue weighted by molar-refractivity contribution is 0.102. The van der Waals surface area contributed by atoms with Crippen LogP contribution >= 0.6 is 11.6 Å². The number of tetrazole rings is 1. The fourth-order valence-corrected chi connectivity index (χ4v) is 4.49. The van der Waals surface area contributed by atoms with Crippen LogP contribution in [0.5, 0.6) is 0 Å². The Morgan fingerprint density at radius 3 is 2.84 bits per heavy atom. The summed E-state index contributed by atoms with van der Waals surface area (Å²) in [4.78, 5) is 14.8. The first-order valence-corrected chi connectivity index (χ1v) is 12.4. The zero-order chi connectivity index (χ0) is 26.6. The molecule has 2 N–H and O–H groups in total. The Hall–Kier alpha value is -4.16. The number of aliphatic hydroxyl groups is 1. The van der Waals surface area contributed by atoms with E-state index < -0.39 is 17.8 Å². The molecule has 194 valence electrons. The van der Waals surface area contributed by atoms with E-state index in [4.69, 9.17) is 11.6 Å². The number of halogens is 2. The molecule has 0 unspecified atom stereocenters. The Balaban J connectivity index is 1.30. The number of aliphatic hydroxyl groups excluding tert-OH is 1. The number of fused-ring (bicyclic) bond motifs is 1. The van der Waals surface area contributed by atoms with Gasteiger partial charge in [0.25, 0.3) is 5.91 Å². The lowest BCUT2D eigenvalue weighted by Gasteiger charge is -2.09. The van der Waals surface area contributed by atoms with E-state index in [9.17, 15) is 14.3 Å². The second-order valence-corrected chi connectivity index (χ2v) is 9.84. The molecule has 4 aromatic heterocycles. The topological polar surface area (TPSA) is 128 Å². The molecule has 1 saturated carbocycles. The molecule has 1 fully saturated rings. The van der Waals surface area contributed by atoms with Gasteiger partial charge in [-0.2, -0.15) is 15.0 Å². The summed E-state index contributed by atoms with van der Waals surface area (Å²) in [7, 11) is 0. The normalized spacial score (nSPS) is 14.2. The SMILES string of the molecule is Cc1nn(C[C@H](C)O)cc1-c1ccn2ncc(C(=O)Nc3cc(-c4nnn(C5CC5)n4)c(F)cc3Cl)c2c1. The largest absolute Gasteiger partial charge is 0.391 e. The highest BCUT2D eigenvalue weighted by atomic mass is 35.5. The molecule has 0 radical (unpaired) electrons. The van der Waals surface area contributed by atoms with E-state index in [0.717, 1.165) is 35.7 Å². The van der Waals surface area contributed by atoms with Crippen LogP contribution in [-0.2, 0) is 6.54 Å². The molecule has 6 rings (SSSR count). The maximum Gasteiger partial charge on any atom is 0.259 e. The third kappa shape index (κ3) is 4.52. The van der Waals surface area contributed by atoms with Gasteiger partial charge in [-0.25, -0.2) is 8.91 Å². The summed E-state index contributed by atoms with van der Waals surface area (Å²) in [5.41, 5.74) is 3.67. The first kappa shape index (κ1) is 24.2. The van der Waals surface area contributed by atoms with Gasteiger partial charge in [0, 0.05) is 18.0 Å². The molecule has 13 heteroatoms. The van der Waals surface area contributed by atoms with E-state index in [1.165, 1.54) is 17.1 Å². The van der Waals surface area contributed by atoms with Gasteiger partial charge in [0.15, 0.2) is 0 Å². The smallest absolute Gasteiger partial charge is 0.259 e. The van der Waals surface area contributed by atoms with Crippen LogP contribution in [0.15, 0.2) is 42.9 Å². The average molecular weight is 536 g/mol. The third-order valence-electron chi connectivity index (χ3n) is 6.32. The third-order valence-corrected chi connectivity index (χ3v) is 6.64. The zero-order valence-electron chi connectivity index (χ0n) is 20.5. The molecule has 5 aromatic rings. The van der Waals surface area contributed by atoms with Gasteiger partial charge in [0.2, 0.25) is 5.82 Å². The highest BCUT2D eigenvalue weighted by Gasteiger charge is 2.27. The first-order chi connectivity index (χ1) is 18.3. The predicted octanol–water partition coefficient (Wildman–Crippen LogP) is 3.92. The zero-order valence-corrected chi connectivity index (χ0v) is 21.3. The predicted molar refractivity (Wildman–Crippen MR) is 137 cm³/mol. The van der Waals surface area contributed by atoms with Gasteiger partial charge >= 0.3 is 0 Å². The number of amides is 1. The molecular weight excluding hydrogens is 513 g/mol. The maximum absolute atomic E-state index is 14.7. The molecule has 1 amide bonds. The molecule has 0 aliphatic heterocycles. The second-order valence-electron chi connectivity index (χ2n) is 9.43. The summed E-state index contributed by atoms with van der Waals surface area (Å²) in [5.74, 6) is -0.961. The number of rotatable bonds is 7. The number of benzene rings is 1. The number of hydrogen-bond acceptors (Lipinski definition) is 7. The summed E-state index contributed by atoms with van der Waals surface area (Å²) in [6.07, 6.45) is 6.47. The molecule has 4 heterocycles. The minimum absolute atomic E-state index is 0.0347. The highest BCUT2D eigenvalue weighted by molar-refractivity contribution is 6.34. The van der Waals surface area contributed by atoms with Gasteiger partial charge in [0.05, 0.1) is 57.9 Å².